The number of aryl methyl sites for hydroxylation is 1. The highest BCUT2D eigenvalue weighted by atomic mass is 16.5. The molecule has 17 heavy (non-hydrogen) atoms. The molecule has 6 heteroatoms. The number of ether oxygens (including phenoxy) is 1. The third kappa shape index (κ3) is 3.54. The zero-order chi connectivity index (χ0) is 12.3. The fourth-order valence-corrected chi connectivity index (χ4v) is 1.84. The summed E-state index contributed by atoms with van der Waals surface area (Å²) in [7, 11) is 0. The zero-order valence-corrected chi connectivity index (χ0v) is 10.1. The van der Waals surface area contributed by atoms with Gasteiger partial charge in [0.05, 0.1) is 19.3 Å². The predicted molar refractivity (Wildman–Crippen MR) is 61.7 cm³/mol. The van der Waals surface area contributed by atoms with Crippen LogP contribution in [0.4, 0.5) is 5.82 Å². The van der Waals surface area contributed by atoms with Crippen LogP contribution in [-0.4, -0.2) is 48.3 Å². The molecule has 0 saturated carbocycles. The van der Waals surface area contributed by atoms with Gasteiger partial charge in [0, 0.05) is 19.2 Å². The van der Waals surface area contributed by atoms with Crippen molar-refractivity contribution in [1.29, 1.82) is 0 Å². The van der Waals surface area contributed by atoms with Crippen molar-refractivity contribution in [3.8, 4) is 0 Å². The maximum atomic E-state index is 11.7. The molecule has 1 aliphatic rings. The molecule has 1 fully saturated rings. The second kappa shape index (κ2) is 5.29. The molecule has 2 rings (SSSR count). The smallest absolute Gasteiger partial charge is 0.239 e. The molecule has 1 N–H and O–H groups in total. The standard InChI is InChI=1S/C11H17N3O3/c1-8-5-10(13-17-8)12-11(15)7-14-3-4-16-9(2)6-14/h5,9H,3-4,6-7H2,1-2H3,(H,12,13,15). The lowest BCUT2D eigenvalue weighted by Gasteiger charge is -2.30. The van der Waals surface area contributed by atoms with Crippen LogP contribution >= 0.6 is 0 Å². The SMILES string of the molecule is Cc1cc(NC(=O)CN2CCOC(C)C2)no1. The number of rotatable bonds is 3. The van der Waals surface area contributed by atoms with Gasteiger partial charge in [-0.05, 0) is 13.8 Å². The highest BCUT2D eigenvalue weighted by molar-refractivity contribution is 5.91. The van der Waals surface area contributed by atoms with Crippen LogP contribution in [0.15, 0.2) is 10.6 Å². The second-order valence-electron chi connectivity index (χ2n) is 4.29. The lowest BCUT2D eigenvalue weighted by atomic mass is 10.3. The van der Waals surface area contributed by atoms with Gasteiger partial charge in [-0.2, -0.15) is 0 Å². The van der Waals surface area contributed by atoms with E-state index in [2.05, 4.69) is 15.4 Å². The molecule has 1 atom stereocenters. The Morgan fingerprint density at radius 3 is 3.18 bits per heavy atom. The maximum Gasteiger partial charge on any atom is 0.239 e. The summed E-state index contributed by atoms with van der Waals surface area (Å²) in [6.07, 6.45) is 0.186. The molecule has 94 valence electrons. The van der Waals surface area contributed by atoms with Crippen molar-refractivity contribution < 1.29 is 14.1 Å². The molecule has 1 aromatic heterocycles. The van der Waals surface area contributed by atoms with Gasteiger partial charge in [0.25, 0.3) is 0 Å². The first-order valence-corrected chi connectivity index (χ1v) is 5.70. The highest BCUT2D eigenvalue weighted by Crippen LogP contribution is 2.08. The van der Waals surface area contributed by atoms with E-state index in [1.54, 1.807) is 13.0 Å². The van der Waals surface area contributed by atoms with Gasteiger partial charge in [0.15, 0.2) is 5.82 Å². The van der Waals surface area contributed by atoms with E-state index in [0.717, 1.165) is 13.1 Å². The molecule has 1 amide bonds. The Morgan fingerprint density at radius 2 is 2.53 bits per heavy atom. The number of anilines is 1. The van der Waals surface area contributed by atoms with E-state index in [-0.39, 0.29) is 12.0 Å². The average Bonchev–Trinajstić information content (AvgIpc) is 2.63. The average molecular weight is 239 g/mol. The summed E-state index contributed by atoms with van der Waals surface area (Å²) in [5.74, 6) is 1.07. The second-order valence-corrected chi connectivity index (χ2v) is 4.29. The summed E-state index contributed by atoms with van der Waals surface area (Å²) in [6, 6.07) is 1.69. The van der Waals surface area contributed by atoms with Crippen molar-refractivity contribution in [2.45, 2.75) is 20.0 Å². The molecule has 0 aliphatic carbocycles. The molecular weight excluding hydrogens is 222 g/mol. The van der Waals surface area contributed by atoms with Crippen molar-refractivity contribution in [2.24, 2.45) is 0 Å². The lowest BCUT2D eigenvalue weighted by Crippen LogP contribution is -2.44. The number of hydrogen-bond donors (Lipinski definition) is 1. The third-order valence-electron chi connectivity index (χ3n) is 2.59. The van der Waals surface area contributed by atoms with Crippen LogP contribution in [0.3, 0.4) is 0 Å². The number of morpholine rings is 1. The molecule has 0 spiro atoms. The monoisotopic (exact) mass is 239 g/mol. The summed E-state index contributed by atoms with van der Waals surface area (Å²) in [4.78, 5) is 13.8. The van der Waals surface area contributed by atoms with Crippen LogP contribution in [0.2, 0.25) is 0 Å². The molecule has 1 unspecified atom stereocenters. The first-order chi connectivity index (χ1) is 8.13. The van der Waals surface area contributed by atoms with Crippen molar-refractivity contribution >= 4 is 11.7 Å². The van der Waals surface area contributed by atoms with Crippen LogP contribution in [0.1, 0.15) is 12.7 Å². The number of nitrogens with one attached hydrogen (secondary N) is 1. The van der Waals surface area contributed by atoms with E-state index in [4.69, 9.17) is 9.26 Å². The number of nitrogens with zero attached hydrogens (tertiary/aromatic N) is 2. The Labute approximate surface area is 99.9 Å². The number of carbonyl (C=O) groups is 1. The van der Waals surface area contributed by atoms with E-state index in [9.17, 15) is 4.79 Å². The fourth-order valence-electron chi connectivity index (χ4n) is 1.84. The van der Waals surface area contributed by atoms with E-state index in [0.29, 0.717) is 24.7 Å². The van der Waals surface area contributed by atoms with Gasteiger partial charge in [-0.3, -0.25) is 9.69 Å². The van der Waals surface area contributed by atoms with E-state index >= 15 is 0 Å². The first-order valence-electron chi connectivity index (χ1n) is 5.70. The van der Waals surface area contributed by atoms with Gasteiger partial charge in [0.2, 0.25) is 5.91 Å². The van der Waals surface area contributed by atoms with Gasteiger partial charge in [0.1, 0.15) is 5.76 Å². The molecule has 0 aromatic carbocycles. The van der Waals surface area contributed by atoms with E-state index in [1.807, 2.05) is 6.92 Å². The van der Waals surface area contributed by atoms with Crippen LogP contribution in [-0.2, 0) is 9.53 Å². The Morgan fingerprint density at radius 1 is 1.71 bits per heavy atom. The zero-order valence-electron chi connectivity index (χ0n) is 10.1. The van der Waals surface area contributed by atoms with Gasteiger partial charge in [-0.25, -0.2) is 0 Å². The van der Waals surface area contributed by atoms with Crippen molar-refractivity contribution in [3.05, 3.63) is 11.8 Å². The summed E-state index contributed by atoms with van der Waals surface area (Å²) < 4.78 is 10.3. The molecule has 1 aromatic rings. The Kier molecular flexibility index (Phi) is 3.75. The fraction of sp³-hybridized carbons (Fsp3) is 0.636. The van der Waals surface area contributed by atoms with Gasteiger partial charge in [-0.1, -0.05) is 5.16 Å². The number of carbonyl (C=O) groups excluding carboxylic acids is 1. The van der Waals surface area contributed by atoms with Gasteiger partial charge in [-0.15, -0.1) is 0 Å². The Bertz CT molecular complexity index is 391. The number of amides is 1. The van der Waals surface area contributed by atoms with Crippen LogP contribution < -0.4 is 5.32 Å². The predicted octanol–water partition coefficient (Wildman–Crippen LogP) is 0.642. The summed E-state index contributed by atoms with van der Waals surface area (Å²) in [6.45, 7) is 6.40. The molecule has 0 bridgehead atoms. The molecule has 6 nitrogen and oxygen atoms in total. The van der Waals surface area contributed by atoms with Crippen molar-refractivity contribution in [1.82, 2.24) is 10.1 Å². The van der Waals surface area contributed by atoms with Crippen LogP contribution in [0, 0.1) is 6.92 Å². The van der Waals surface area contributed by atoms with Gasteiger partial charge < -0.3 is 14.6 Å². The largest absolute Gasteiger partial charge is 0.376 e. The third-order valence-corrected chi connectivity index (χ3v) is 2.59. The van der Waals surface area contributed by atoms with Crippen LogP contribution in [0.25, 0.3) is 0 Å². The summed E-state index contributed by atoms with van der Waals surface area (Å²) in [5, 5.41) is 6.41. The van der Waals surface area contributed by atoms with Crippen molar-refractivity contribution in [3.63, 3.8) is 0 Å². The molecule has 1 aliphatic heterocycles. The minimum absolute atomic E-state index is 0.0765. The molecule has 2 heterocycles. The number of aromatic nitrogens is 1. The quantitative estimate of drug-likeness (QED) is 0.838. The molecule has 1 saturated heterocycles. The minimum Gasteiger partial charge on any atom is -0.376 e. The first kappa shape index (κ1) is 12.1. The van der Waals surface area contributed by atoms with E-state index < -0.39 is 0 Å². The Hall–Kier alpha value is -1.40. The maximum absolute atomic E-state index is 11.7. The topological polar surface area (TPSA) is 67.6 Å². The van der Waals surface area contributed by atoms with Crippen molar-refractivity contribution in [2.75, 3.05) is 31.6 Å². The lowest BCUT2D eigenvalue weighted by molar-refractivity contribution is -0.119. The number of hydrogen-bond acceptors (Lipinski definition) is 5. The highest BCUT2D eigenvalue weighted by Gasteiger charge is 2.19. The minimum atomic E-state index is -0.0765. The summed E-state index contributed by atoms with van der Waals surface area (Å²) in [5.41, 5.74) is 0. The molecular formula is C11H17N3O3. The van der Waals surface area contributed by atoms with E-state index in [1.165, 1.54) is 0 Å². The normalized spacial score (nSPS) is 21.4. The Balaban J connectivity index is 1.80. The van der Waals surface area contributed by atoms with Crippen LogP contribution in [0.5, 0.6) is 0 Å². The summed E-state index contributed by atoms with van der Waals surface area (Å²) >= 11 is 0. The molecule has 0 radical (unpaired) electrons. The van der Waals surface area contributed by atoms with Gasteiger partial charge >= 0.3 is 0 Å².